The van der Waals surface area contributed by atoms with Crippen LogP contribution in [0.4, 0.5) is 26.3 Å². The summed E-state index contributed by atoms with van der Waals surface area (Å²) in [5.41, 5.74) is -5.38. The fourth-order valence-electron chi connectivity index (χ4n) is 2.42. The van der Waals surface area contributed by atoms with E-state index in [1.807, 2.05) is 4.90 Å². The van der Waals surface area contributed by atoms with Gasteiger partial charge in [-0.3, -0.25) is 4.79 Å². The summed E-state index contributed by atoms with van der Waals surface area (Å²) in [5.74, 6) is -4.84. The minimum atomic E-state index is -6.33. The summed E-state index contributed by atoms with van der Waals surface area (Å²) in [6.45, 7) is 1.69. The maximum atomic E-state index is 12.9. The van der Waals surface area contributed by atoms with Crippen LogP contribution >= 0.6 is 0 Å². The molecule has 0 unspecified atom stereocenters. The molecule has 6 nitrogen and oxygen atoms in total. The molecule has 0 aromatic carbocycles. The lowest BCUT2D eigenvalue weighted by Crippen LogP contribution is -2.63. The van der Waals surface area contributed by atoms with Crippen molar-refractivity contribution in [3.05, 3.63) is 0 Å². The lowest BCUT2D eigenvalue weighted by molar-refractivity contribution is -0.361. The van der Waals surface area contributed by atoms with E-state index in [-0.39, 0.29) is 13.0 Å². The maximum absolute atomic E-state index is 12.9. The standard InChI is InChI=1S/C12H17F6NO5S/c13-11(14,15)10(12(16,17)18,8-25(21,22)23)24-9(20)4-3-7-19-5-1-2-6-19/h1-8H2,(H,21,22,23)/p-1. The zero-order chi connectivity index (χ0) is 19.5. The number of nitrogens with zero attached hydrogens (tertiary/aromatic N) is 1. The first-order valence-corrected chi connectivity index (χ1v) is 8.77. The molecule has 1 aliphatic heterocycles. The predicted molar refractivity (Wildman–Crippen MR) is 70.4 cm³/mol. The van der Waals surface area contributed by atoms with Gasteiger partial charge in [-0.05, 0) is 38.9 Å². The first-order chi connectivity index (χ1) is 11.2. The van der Waals surface area contributed by atoms with Crippen molar-refractivity contribution < 1.29 is 48.8 Å². The summed E-state index contributed by atoms with van der Waals surface area (Å²) in [6, 6.07) is 0. The number of carbonyl (C=O) groups excluding carboxylic acids is 1. The lowest BCUT2D eigenvalue weighted by Gasteiger charge is -2.36. The first-order valence-electron chi connectivity index (χ1n) is 7.19. The fourth-order valence-corrected chi connectivity index (χ4v) is 3.30. The van der Waals surface area contributed by atoms with Crippen molar-refractivity contribution in [3.8, 4) is 0 Å². The van der Waals surface area contributed by atoms with Gasteiger partial charge in [-0.2, -0.15) is 26.3 Å². The van der Waals surface area contributed by atoms with E-state index in [1.165, 1.54) is 0 Å². The van der Waals surface area contributed by atoms with Crippen LogP contribution in [0.25, 0.3) is 0 Å². The maximum Gasteiger partial charge on any atom is 0.438 e. The molecule has 0 aromatic heterocycles. The number of ether oxygens (including phenoxy) is 1. The predicted octanol–water partition coefficient (Wildman–Crippen LogP) is 1.81. The van der Waals surface area contributed by atoms with Gasteiger partial charge in [0.05, 0.1) is 15.9 Å². The van der Waals surface area contributed by atoms with E-state index in [0.29, 0.717) is 13.1 Å². The minimum absolute atomic E-state index is 0.0608. The van der Waals surface area contributed by atoms with E-state index in [2.05, 4.69) is 4.74 Å². The van der Waals surface area contributed by atoms with E-state index in [4.69, 9.17) is 0 Å². The van der Waals surface area contributed by atoms with Crippen LogP contribution in [-0.2, 0) is 19.6 Å². The molecule has 0 spiro atoms. The molecule has 1 aliphatic rings. The van der Waals surface area contributed by atoms with Crippen LogP contribution in [0.1, 0.15) is 25.7 Å². The number of esters is 1. The summed E-state index contributed by atoms with van der Waals surface area (Å²) in [6.07, 6.45) is -11.7. The fraction of sp³-hybridized carbons (Fsp3) is 0.917. The molecule has 0 aromatic rings. The Morgan fingerprint density at radius 2 is 1.52 bits per heavy atom. The van der Waals surface area contributed by atoms with Crippen LogP contribution < -0.4 is 0 Å². The molecule has 1 rings (SSSR count). The molecule has 0 saturated carbocycles. The Kier molecular flexibility index (Phi) is 6.73. The van der Waals surface area contributed by atoms with Gasteiger partial charge in [-0.15, -0.1) is 0 Å². The van der Waals surface area contributed by atoms with Gasteiger partial charge in [0.2, 0.25) is 0 Å². The van der Waals surface area contributed by atoms with Crippen molar-refractivity contribution in [1.29, 1.82) is 0 Å². The van der Waals surface area contributed by atoms with Gasteiger partial charge in [-0.25, -0.2) is 8.42 Å². The average Bonchev–Trinajstić information content (AvgIpc) is 2.86. The molecule has 0 N–H and O–H groups in total. The van der Waals surface area contributed by atoms with Crippen molar-refractivity contribution in [2.75, 3.05) is 25.4 Å². The third-order valence-electron chi connectivity index (χ3n) is 3.64. The third kappa shape index (κ3) is 5.99. The van der Waals surface area contributed by atoms with Crippen molar-refractivity contribution >= 4 is 16.1 Å². The highest BCUT2D eigenvalue weighted by atomic mass is 32.2. The van der Waals surface area contributed by atoms with E-state index < -0.39 is 46.2 Å². The zero-order valence-corrected chi connectivity index (χ0v) is 13.6. The SMILES string of the molecule is O=C(CCCN1CCCC1)OC(CS(=O)(=O)[O-])(C(F)(F)F)C(F)(F)F. The number of carbonyl (C=O) groups is 1. The number of likely N-dealkylation sites (tertiary alicyclic amines) is 1. The van der Waals surface area contributed by atoms with Crippen molar-refractivity contribution in [2.45, 2.75) is 43.6 Å². The Bertz CT molecular complexity index is 554. The van der Waals surface area contributed by atoms with Gasteiger partial charge in [0.25, 0.3) is 0 Å². The summed E-state index contributed by atoms with van der Waals surface area (Å²) in [7, 11) is -6.00. The Morgan fingerprint density at radius 1 is 1.04 bits per heavy atom. The van der Waals surface area contributed by atoms with Gasteiger partial charge >= 0.3 is 23.9 Å². The molecule has 148 valence electrons. The highest BCUT2D eigenvalue weighted by molar-refractivity contribution is 7.85. The van der Waals surface area contributed by atoms with Gasteiger partial charge < -0.3 is 14.2 Å². The second kappa shape index (κ2) is 7.66. The molecule has 0 bridgehead atoms. The molecule has 13 heteroatoms. The highest BCUT2D eigenvalue weighted by Gasteiger charge is 2.75. The lowest BCUT2D eigenvalue weighted by atomic mass is 10.1. The Morgan fingerprint density at radius 3 is 1.92 bits per heavy atom. The van der Waals surface area contributed by atoms with Crippen LogP contribution in [0.2, 0.25) is 0 Å². The van der Waals surface area contributed by atoms with Crippen LogP contribution in [0.5, 0.6) is 0 Å². The highest BCUT2D eigenvalue weighted by Crippen LogP contribution is 2.47. The summed E-state index contributed by atoms with van der Waals surface area (Å²) in [4.78, 5) is 13.3. The van der Waals surface area contributed by atoms with Crippen LogP contribution in [0, 0.1) is 0 Å². The molecule has 0 atom stereocenters. The van der Waals surface area contributed by atoms with Gasteiger partial charge in [0.15, 0.2) is 0 Å². The molecule has 0 amide bonds. The molecule has 25 heavy (non-hydrogen) atoms. The molecular formula is C12H16F6NO5S-. The van der Waals surface area contributed by atoms with E-state index in [9.17, 15) is 44.1 Å². The van der Waals surface area contributed by atoms with E-state index in [0.717, 1.165) is 12.8 Å². The molecular weight excluding hydrogens is 384 g/mol. The number of halogens is 6. The quantitative estimate of drug-likeness (QED) is 0.368. The van der Waals surface area contributed by atoms with Gasteiger partial charge in [0.1, 0.15) is 0 Å². The van der Waals surface area contributed by atoms with Gasteiger partial charge in [-0.1, -0.05) is 0 Å². The zero-order valence-electron chi connectivity index (χ0n) is 12.8. The second-order valence-electron chi connectivity index (χ2n) is 5.65. The molecule has 0 aliphatic carbocycles. The number of rotatable bonds is 7. The summed E-state index contributed by atoms with van der Waals surface area (Å²) < 4.78 is 113. The number of hydrogen-bond donors (Lipinski definition) is 0. The number of alkyl halides is 6. The molecule has 1 fully saturated rings. The monoisotopic (exact) mass is 400 g/mol. The van der Waals surface area contributed by atoms with Crippen LogP contribution in [-0.4, -0.2) is 67.2 Å². The van der Waals surface area contributed by atoms with Crippen molar-refractivity contribution in [2.24, 2.45) is 0 Å². The largest absolute Gasteiger partial charge is 0.748 e. The summed E-state index contributed by atoms with van der Waals surface area (Å²) >= 11 is 0. The second-order valence-corrected chi connectivity index (χ2v) is 7.05. The third-order valence-corrected chi connectivity index (χ3v) is 4.40. The van der Waals surface area contributed by atoms with Crippen molar-refractivity contribution in [1.82, 2.24) is 4.90 Å². The number of hydrogen-bond acceptors (Lipinski definition) is 6. The summed E-state index contributed by atoms with van der Waals surface area (Å²) in [5, 5.41) is 0. The molecule has 1 heterocycles. The van der Waals surface area contributed by atoms with Crippen LogP contribution in [0.15, 0.2) is 0 Å². The first kappa shape index (κ1) is 22.0. The van der Waals surface area contributed by atoms with Crippen LogP contribution in [0.3, 0.4) is 0 Å². The Balaban J connectivity index is 2.89. The van der Waals surface area contributed by atoms with E-state index in [1.54, 1.807) is 0 Å². The molecule has 0 radical (unpaired) electrons. The smallest absolute Gasteiger partial charge is 0.438 e. The topological polar surface area (TPSA) is 86.7 Å². The van der Waals surface area contributed by atoms with E-state index >= 15 is 0 Å². The Labute approximate surface area is 139 Å². The van der Waals surface area contributed by atoms with Gasteiger partial charge in [0, 0.05) is 6.42 Å². The Hall–Kier alpha value is -1.08. The normalized spacial score (nSPS) is 17.7. The average molecular weight is 400 g/mol. The molecule has 1 saturated heterocycles. The minimum Gasteiger partial charge on any atom is -0.748 e. The van der Waals surface area contributed by atoms with Crippen molar-refractivity contribution in [3.63, 3.8) is 0 Å².